The summed E-state index contributed by atoms with van der Waals surface area (Å²) in [5, 5.41) is 20.1. The van der Waals surface area contributed by atoms with E-state index in [0.717, 1.165) is 11.3 Å². The largest absolute Gasteiger partial charge is 0.392 e. The van der Waals surface area contributed by atoms with Crippen LogP contribution in [0.2, 0.25) is 0 Å². The van der Waals surface area contributed by atoms with E-state index in [4.69, 9.17) is 0 Å². The molecule has 3 heteroatoms. The minimum absolute atomic E-state index is 0.0791. The molecule has 1 aromatic carbocycles. The molecule has 0 saturated carbocycles. The van der Waals surface area contributed by atoms with Gasteiger partial charge < -0.3 is 5.11 Å². The maximum Gasteiger partial charge on any atom is 0.185 e. The predicted molar refractivity (Wildman–Crippen MR) is 74.4 cm³/mol. The number of anilines is 1. The number of fused-ring (bicyclic) bond motifs is 2. The number of hydrogen-bond donors (Lipinski definition) is 1. The highest BCUT2D eigenvalue weighted by molar-refractivity contribution is 5.62. The third-order valence-corrected chi connectivity index (χ3v) is 4.20. The van der Waals surface area contributed by atoms with E-state index in [-0.39, 0.29) is 5.92 Å². The second kappa shape index (κ2) is 4.25. The lowest BCUT2D eigenvalue weighted by Crippen LogP contribution is -2.51. The second-order valence-electron chi connectivity index (χ2n) is 5.33. The lowest BCUT2D eigenvalue weighted by atomic mass is 9.77. The minimum atomic E-state index is -0.504. The Bertz CT molecular complexity index is 599. The van der Waals surface area contributed by atoms with Crippen LogP contribution >= 0.6 is 0 Å². The summed E-state index contributed by atoms with van der Waals surface area (Å²) in [5.74, 6) is -0.0791. The Kier molecular flexibility index (Phi) is 2.69. The molecule has 3 nitrogen and oxygen atoms in total. The summed E-state index contributed by atoms with van der Waals surface area (Å²) in [6.45, 7) is 2.01. The number of para-hydroxylation sites is 1. The first-order valence-electron chi connectivity index (χ1n) is 6.49. The van der Waals surface area contributed by atoms with Crippen molar-refractivity contribution in [2.24, 2.45) is 5.92 Å². The predicted octanol–water partition coefficient (Wildman–Crippen LogP) is 2.39. The van der Waals surface area contributed by atoms with Gasteiger partial charge >= 0.3 is 0 Å². The van der Waals surface area contributed by atoms with Crippen molar-refractivity contribution >= 4 is 5.69 Å². The van der Waals surface area contributed by atoms with Crippen molar-refractivity contribution < 1.29 is 5.11 Å². The summed E-state index contributed by atoms with van der Waals surface area (Å²) in [6, 6.07) is 7.81. The van der Waals surface area contributed by atoms with Crippen LogP contribution in [-0.4, -0.2) is 16.7 Å². The van der Waals surface area contributed by atoms with Gasteiger partial charge in [0.15, 0.2) is 6.19 Å². The molecule has 0 aromatic heterocycles. The number of aliphatic hydroxyl groups is 1. The van der Waals surface area contributed by atoms with Gasteiger partial charge in [-0.25, -0.2) is 0 Å². The Morgan fingerprint density at radius 2 is 2.16 bits per heavy atom. The van der Waals surface area contributed by atoms with Gasteiger partial charge in [-0.1, -0.05) is 42.5 Å². The van der Waals surface area contributed by atoms with Crippen molar-refractivity contribution in [3.8, 4) is 6.19 Å². The van der Waals surface area contributed by atoms with Gasteiger partial charge in [0.05, 0.1) is 17.3 Å². The fourth-order valence-corrected chi connectivity index (χ4v) is 3.16. The van der Waals surface area contributed by atoms with Gasteiger partial charge in [0.25, 0.3) is 0 Å². The molecule has 0 saturated heterocycles. The molecule has 0 fully saturated rings. The van der Waals surface area contributed by atoms with Crippen LogP contribution in [0.1, 0.15) is 12.5 Å². The molecular weight excluding hydrogens is 236 g/mol. The highest BCUT2D eigenvalue weighted by atomic mass is 16.3. The van der Waals surface area contributed by atoms with Crippen molar-refractivity contribution in [2.75, 3.05) is 4.90 Å². The second-order valence-corrected chi connectivity index (χ2v) is 5.33. The summed E-state index contributed by atoms with van der Waals surface area (Å²) >= 11 is 0. The smallest absolute Gasteiger partial charge is 0.185 e. The number of hydrogen-bond acceptors (Lipinski definition) is 3. The Balaban J connectivity index is 2.21. The number of allylic oxidation sites excluding steroid dienone is 2. The van der Waals surface area contributed by atoms with E-state index in [1.54, 1.807) is 4.90 Å². The molecule has 1 heterocycles. The van der Waals surface area contributed by atoms with Crippen LogP contribution in [0.15, 0.2) is 48.6 Å². The molecule has 1 N–H and O–H groups in total. The monoisotopic (exact) mass is 252 g/mol. The molecular formula is C16H16N2O. The number of benzene rings is 1. The van der Waals surface area contributed by atoms with Crippen LogP contribution in [0.25, 0.3) is 0 Å². The molecule has 0 amide bonds. The Labute approximate surface area is 113 Å². The first kappa shape index (κ1) is 12.0. The fraction of sp³-hybridized carbons (Fsp3) is 0.312. The molecule has 0 bridgehead atoms. The third kappa shape index (κ3) is 1.68. The van der Waals surface area contributed by atoms with Crippen LogP contribution in [0, 0.1) is 17.4 Å². The summed E-state index contributed by atoms with van der Waals surface area (Å²) in [4.78, 5) is 1.73. The standard InChI is InChI=1S/C16H16N2O/c1-16-9-5-4-7-13(16)15(19)10-12-6-2-3-8-14(12)18(16)11-17/h2-9,13,15,19H,10H2,1H3/t13?,15-,16+/m0/s1. The Morgan fingerprint density at radius 1 is 1.37 bits per heavy atom. The average molecular weight is 252 g/mol. The molecule has 2 aliphatic rings. The highest BCUT2D eigenvalue weighted by Gasteiger charge is 2.44. The van der Waals surface area contributed by atoms with Crippen molar-refractivity contribution in [2.45, 2.75) is 25.0 Å². The van der Waals surface area contributed by atoms with Gasteiger partial charge in [-0.2, -0.15) is 5.26 Å². The first-order valence-corrected chi connectivity index (χ1v) is 6.49. The molecule has 0 radical (unpaired) electrons. The van der Waals surface area contributed by atoms with E-state index >= 15 is 0 Å². The number of aliphatic hydroxyl groups excluding tert-OH is 1. The van der Waals surface area contributed by atoms with Gasteiger partial charge in [-0.3, -0.25) is 4.90 Å². The summed E-state index contributed by atoms with van der Waals surface area (Å²) in [5.41, 5.74) is 1.41. The van der Waals surface area contributed by atoms with E-state index in [9.17, 15) is 10.4 Å². The van der Waals surface area contributed by atoms with Crippen LogP contribution in [0.4, 0.5) is 5.69 Å². The van der Waals surface area contributed by atoms with E-state index in [2.05, 4.69) is 6.19 Å². The van der Waals surface area contributed by atoms with E-state index in [0.29, 0.717) is 6.42 Å². The van der Waals surface area contributed by atoms with E-state index < -0.39 is 11.6 Å². The third-order valence-electron chi connectivity index (χ3n) is 4.20. The molecule has 3 atom stereocenters. The molecule has 1 aromatic rings. The Morgan fingerprint density at radius 3 is 2.95 bits per heavy atom. The maximum absolute atomic E-state index is 10.5. The molecule has 19 heavy (non-hydrogen) atoms. The quantitative estimate of drug-likeness (QED) is 0.721. The fourth-order valence-electron chi connectivity index (χ4n) is 3.16. The van der Waals surface area contributed by atoms with Crippen molar-refractivity contribution in [1.29, 1.82) is 5.26 Å². The van der Waals surface area contributed by atoms with Crippen LogP contribution in [-0.2, 0) is 6.42 Å². The summed E-state index contributed by atoms with van der Waals surface area (Å²) in [7, 11) is 0. The average Bonchev–Trinajstić information content (AvgIpc) is 2.50. The Hall–Kier alpha value is -2.05. The normalized spacial score (nSPS) is 32.2. The van der Waals surface area contributed by atoms with E-state index in [1.807, 2.05) is 55.5 Å². The lowest BCUT2D eigenvalue weighted by Gasteiger charge is -2.41. The molecule has 3 rings (SSSR count). The zero-order valence-electron chi connectivity index (χ0n) is 10.8. The van der Waals surface area contributed by atoms with Gasteiger partial charge in [-0.15, -0.1) is 0 Å². The number of rotatable bonds is 0. The molecule has 0 spiro atoms. The summed E-state index contributed by atoms with van der Waals surface area (Å²) < 4.78 is 0. The van der Waals surface area contributed by atoms with Crippen molar-refractivity contribution in [1.82, 2.24) is 0 Å². The van der Waals surface area contributed by atoms with Gasteiger partial charge in [0.2, 0.25) is 0 Å². The molecule has 1 aliphatic carbocycles. The van der Waals surface area contributed by atoms with Crippen molar-refractivity contribution in [3.63, 3.8) is 0 Å². The summed E-state index contributed by atoms with van der Waals surface area (Å²) in [6.07, 6.45) is 10.3. The van der Waals surface area contributed by atoms with Crippen LogP contribution in [0.3, 0.4) is 0 Å². The maximum atomic E-state index is 10.5. The molecule has 96 valence electrons. The van der Waals surface area contributed by atoms with E-state index in [1.165, 1.54) is 0 Å². The first-order chi connectivity index (χ1) is 9.16. The number of nitrogens with zero attached hydrogens (tertiary/aromatic N) is 2. The molecule has 1 unspecified atom stereocenters. The minimum Gasteiger partial charge on any atom is -0.392 e. The van der Waals surface area contributed by atoms with Gasteiger partial charge in [0, 0.05) is 12.3 Å². The van der Waals surface area contributed by atoms with Gasteiger partial charge in [0.1, 0.15) is 0 Å². The number of nitriles is 1. The van der Waals surface area contributed by atoms with Crippen LogP contribution in [0.5, 0.6) is 0 Å². The zero-order valence-corrected chi connectivity index (χ0v) is 10.8. The lowest BCUT2D eigenvalue weighted by molar-refractivity contribution is 0.107. The highest BCUT2D eigenvalue weighted by Crippen LogP contribution is 2.41. The SMILES string of the molecule is C[C@@]12C=CC=CC1[C@@H](O)Cc1ccccc1N2C#N. The van der Waals surface area contributed by atoms with Crippen molar-refractivity contribution in [3.05, 3.63) is 54.1 Å². The van der Waals surface area contributed by atoms with Gasteiger partial charge in [-0.05, 0) is 18.6 Å². The topological polar surface area (TPSA) is 47.3 Å². The molecule has 1 aliphatic heterocycles. The zero-order chi connectivity index (χ0) is 13.5. The van der Waals surface area contributed by atoms with Crippen LogP contribution < -0.4 is 4.90 Å².